The molecule has 0 radical (unpaired) electrons. The Balaban J connectivity index is 1.44. The summed E-state index contributed by atoms with van der Waals surface area (Å²) in [5.41, 5.74) is 1.57. The fourth-order valence-electron chi connectivity index (χ4n) is 4.98. The van der Waals surface area contributed by atoms with Crippen LogP contribution < -0.4 is 15.2 Å². The zero-order valence-electron chi connectivity index (χ0n) is 23.9. The molecule has 0 aliphatic heterocycles. The third kappa shape index (κ3) is 5.76. The highest BCUT2D eigenvalue weighted by Crippen LogP contribution is 2.32. The third-order valence-electron chi connectivity index (χ3n) is 7.29. The second-order valence-electron chi connectivity index (χ2n) is 10.4. The Morgan fingerprint density at radius 2 is 1.59 bits per heavy atom. The Bertz CT molecular complexity index is 2080. The first-order valence-corrected chi connectivity index (χ1v) is 13.8. The second kappa shape index (κ2) is 11.7. The molecule has 0 saturated heterocycles. The molecule has 220 valence electrons. The molecule has 0 unspecified atom stereocenters. The van der Waals surface area contributed by atoms with Crippen molar-refractivity contribution in [3.05, 3.63) is 136 Å². The van der Waals surface area contributed by atoms with E-state index in [0.717, 1.165) is 38.8 Å². The summed E-state index contributed by atoms with van der Waals surface area (Å²) in [4.78, 5) is 20.1. The van der Waals surface area contributed by atoms with Gasteiger partial charge in [0.25, 0.3) is 5.56 Å². The van der Waals surface area contributed by atoms with Crippen molar-refractivity contribution in [2.45, 2.75) is 12.8 Å². The average Bonchev–Trinajstić information content (AvgIpc) is 3.03. The minimum atomic E-state index is -4.56. The Labute approximate surface area is 251 Å². The van der Waals surface area contributed by atoms with Crippen LogP contribution in [-0.4, -0.2) is 30.0 Å². The normalized spacial score (nSPS) is 11.8. The van der Waals surface area contributed by atoms with Crippen molar-refractivity contribution in [2.75, 3.05) is 19.0 Å². The number of aromatic nitrogens is 2. The molecule has 1 aromatic heterocycles. The summed E-state index contributed by atoms with van der Waals surface area (Å²) < 4.78 is 48.1. The number of ether oxygens (including phenoxy) is 1. The van der Waals surface area contributed by atoms with Crippen LogP contribution in [-0.2, 0) is 12.8 Å². The quantitative estimate of drug-likeness (QED) is 0.178. The number of anilines is 1. The summed E-state index contributed by atoms with van der Waals surface area (Å²) in [7, 11) is 3.83. The molecule has 0 aliphatic rings. The van der Waals surface area contributed by atoms with Crippen LogP contribution in [0.3, 0.4) is 0 Å². The van der Waals surface area contributed by atoms with Crippen LogP contribution in [0.5, 0.6) is 5.75 Å². The van der Waals surface area contributed by atoms with E-state index in [1.165, 1.54) is 18.3 Å². The standard InChI is InChI=1S/C35H27F3N4O2/c1-41(2)28-18-17-25(32(20-28)44-22-26-12-7-10-23-9-3-4-14-29(23)26)21-39-42-33(24-11-8-13-27(19-24)35(36,37)38)40-31-16-6-5-15-30(31)34(42)43/h3-21H,22H2,1-2H3. The molecule has 0 amide bonds. The molecule has 0 N–H and O–H groups in total. The lowest BCUT2D eigenvalue weighted by Crippen LogP contribution is -2.20. The Hall–Kier alpha value is -5.44. The molecule has 5 aromatic carbocycles. The van der Waals surface area contributed by atoms with Gasteiger partial charge in [-0.3, -0.25) is 4.79 Å². The summed E-state index contributed by atoms with van der Waals surface area (Å²) in [5.74, 6) is 0.509. The molecule has 0 bridgehead atoms. The van der Waals surface area contributed by atoms with E-state index < -0.39 is 17.3 Å². The van der Waals surface area contributed by atoms with E-state index >= 15 is 0 Å². The zero-order chi connectivity index (χ0) is 30.8. The van der Waals surface area contributed by atoms with Crippen molar-refractivity contribution in [2.24, 2.45) is 5.10 Å². The van der Waals surface area contributed by atoms with Gasteiger partial charge in [-0.15, -0.1) is 0 Å². The van der Waals surface area contributed by atoms with Gasteiger partial charge in [0, 0.05) is 37.0 Å². The fourth-order valence-corrected chi connectivity index (χ4v) is 4.98. The molecule has 0 aliphatic carbocycles. The van der Waals surface area contributed by atoms with Crippen LogP contribution in [0.15, 0.2) is 119 Å². The first-order valence-electron chi connectivity index (χ1n) is 13.8. The average molecular weight is 593 g/mol. The summed E-state index contributed by atoms with van der Waals surface area (Å²) in [6, 6.07) is 31.0. The number of rotatable bonds is 7. The van der Waals surface area contributed by atoms with E-state index in [1.807, 2.05) is 79.7 Å². The maximum atomic E-state index is 13.6. The molecular weight excluding hydrogens is 565 g/mol. The van der Waals surface area contributed by atoms with E-state index in [-0.39, 0.29) is 23.4 Å². The number of para-hydroxylation sites is 1. The van der Waals surface area contributed by atoms with Gasteiger partial charge < -0.3 is 9.64 Å². The van der Waals surface area contributed by atoms with Gasteiger partial charge in [0.1, 0.15) is 12.4 Å². The van der Waals surface area contributed by atoms with Crippen molar-refractivity contribution >= 4 is 33.6 Å². The molecule has 0 atom stereocenters. The first kappa shape index (κ1) is 28.7. The SMILES string of the molecule is CN(C)c1ccc(C=Nn2c(-c3cccc(C(F)(F)F)c3)nc3ccccc3c2=O)c(OCc2cccc3ccccc23)c1. The highest BCUT2D eigenvalue weighted by Gasteiger charge is 2.31. The van der Waals surface area contributed by atoms with E-state index in [1.54, 1.807) is 24.3 Å². The maximum Gasteiger partial charge on any atom is 0.416 e. The fraction of sp³-hybridized carbons (Fsp3) is 0.114. The minimum absolute atomic E-state index is 0.0146. The molecule has 0 spiro atoms. The number of fused-ring (bicyclic) bond motifs is 2. The number of hydrogen-bond acceptors (Lipinski definition) is 5. The number of halogens is 3. The molecule has 9 heteroatoms. The number of alkyl halides is 3. The van der Waals surface area contributed by atoms with Crippen molar-refractivity contribution < 1.29 is 17.9 Å². The monoisotopic (exact) mass is 592 g/mol. The smallest absolute Gasteiger partial charge is 0.416 e. The zero-order valence-corrected chi connectivity index (χ0v) is 23.9. The summed E-state index contributed by atoms with van der Waals surface area (Å²) >= 11 is 0. The largest absolute Gasteiger partial charge is 0.488 e. The van der Waals surface area contributed by atoms with Gasteiger partial charge in [-0.05, 0) is 52.7 Å². The van der Waals surface area contributed by atoms with Crippen LogP contribution in [0.4, 0.5) is 18.9 Å². The molecule has 6 nitrogen and oxygen atoms in total. The van der Waals surface area contributed by atoms with Gasteiger partial charge in [-0.25, -0.2) is 4.98 Å². The Morgan fingerprint density at radius 3 is 2.39 bits per heavy atom. The predicted molar refractivity (Wildman–Crippen MR) is 168 cm³/mol. The minimum Gasteiger partial charge on any atom is -0.488 e. The molecule has 0 fully saturated rings. The van der Waals surface area contributed by atoms with E-state index in [2.05, 4.69) is 10.1 Å². The predicted octanol–water partition coefficient (Wildman–Crippen LogP) is 7.76. The van der Waals surface area contributed by atoms with Crippen molar-refractivity contribution in [3.63, 3.8) is 0 Å². The third-order valence-corrected chi connectivity index (χ3v) is 7.29. The van der Waals surface area contributed by atoms with E-state index in [9.17, 15) is 18.0 Å². The van der Waals surface area contributed by atoms with Gasteiger partial charge in [0.05, 0.1) is 22.7 Å². The molecule has 1 heterocycles. The van der Waals surface area contributed by atoms with Crippen LogP contribution in [0, 0.1) is 0 Å². The Morgan fingerprint density at radius 1 is 0.864 bits per heavy atom. The topological polar surface area (TPSA) is 59.7 Å². The number of nitrogens with zero attached hydrogens (tertiary/aromatic N) is 4. The van der Waals surface area contributed by atoms with E-state index in [4.69, 9.17) is 4.74 Å². The number of hydrogen-bond donors (Lipinski definition) is 0. The molecular formula is C35H27F3N4O2. The van der Waals surface area contributed by atoms with Crippen molar-refractivity contribution in [1.29, 1.82) is 0 Å². The van der Waals surface area contributed by atoms with E-state index in [0.29, 0.717) is 16.8 Å². The molecule has 44 heavy (non-hydrogen) atoms. The van der Waals surface area contributed by atoms with Crippen LogP contribution in [0.1, 0.15) is 16.7 Å². The summed E-state index contributed by atoms with van der Waals surface area (Å²) in [6.45, 7) is 0.284. The molecule has 6 rings (SSSR count). The highest BCUT2D eigenvalue weighted by molar-refractivity contribution is 5.87. The number of benzene rings is 5. The van der Waals surface area contributed by atoms with Crippen molar-refractivity contribution in [3.8, 4) is 17.1 Å². The second-order valence-corrected chi connectivity index (χ2v) is 10.4. The Kier molecular flexibility index (Phi) is 7.61. The van der Waals surface area contributed by atoms with Crippen LogP contribution in [0.2, 0.25) is 0 Å². The first-order chi connectivity index (χ1) is 21.2. The maximum absolute atomic E-state index is 13.6. The highest BCUT2D eigenvalue weighted by atomic mass is 19.4. The van der Waals surface area contributed by atoms with Crippen LogP contribution >= 0.6 is 0 Å². The van der Waals surface area contributed by atoms with Crippen LogP contribution in [0.25, 0.3) is 33.1 Å². The van der Waals surface area contributed by atoms with Gasteiger partial charge in [0.2, 0.25) is 0 Å². The lowest BCUT2D eigenvalue weighted by molar-refractivity contribution is -0.137. The van der Waals surface area contributed by atoms with Gasteiger partial charge in [-0.1, -0.05) is 66.7 Å². The van der Waals surface area contributed by atoms with Gasteiger partial charge in [0.15, 0.2) is 5.82 Å². The van der Waals surface area contributed by atoms with Gasteiger partial charge in [-0.2, -0.15) is 22.9 Å². The lowest BCUT2D eigenvalue weighted by atomic mass is 10.1. The summed E-state index contributed by atoms with van der Waals surface area (Å²) in [6.07, 6.45) is -3.10. The molecule has 0 saturated carbocycles. The van der Waals surface area contributed by atoms with Gasteiger partial charge >= 0.3 is 6.18 Å². The van der Waals surface area contributed by atoms with Crippen molar-refractivity contribution in [1.82, 2.24) is 9.66 Å². The molecule has 6 aromatic rings. The lowest BCUT2D eigenvalue weighted by Gasteiger charge is -2.17. The summed E-state index contributed by atoms with van der Waals surface area (Å²) in [5, 5.41) is 6.94.